The molecular formula is C23H25N3O5S2. The lowest BCUT2D eigenvalue weighted by molar-refractivity contribution is 0.102. The number of rotatable bonds is 9. The standard InChI is InChI=1S/C23H25N3O5S2/c1-3-16-32(28,29)25-20-14-12-19(13-15-20)24-23(27)18-8-7-11-22(17-18)33(30,31)26(2)21-9-5-4-6-10-21/h4-15,17,25H,3,16H2,1-2H3,(H,24,27). The number of nitrogens with one attached hydrogen (secondary N) is 2. The third kappa shape index (κ3) is 6.11. The quantitative estimate of drug-likeness (QED) is 0.475. The number of carbonyl (C=O) groups is 1. The number of sulfonamides is 2. The van der Waals surface area contributed by atoms with Crippen LogP contribution in [0.2, 0.25) is 0 Å². The molecular weight excluding hydrogens is 462 g/mol. The van der Waals surface area contributed by atoms with Crippen LogP contribution in [-0.2, 0) is 20.0 Å². The maximum Gasteiger partial charge on any atom is 0.264 e. The van der Waals surface area contributed by atoms with Crippen LogP contribution in [0.25, 0.3) is 0 Å². The first-order chi connectivity index (χ1) is 15.6. The van der Waals surface area contributed by atoms with Crippen molar-refractivity contribution in [2.24, 2.45) is 0 Å². The Labute approximate surface area is 194 Å². The molecule has 0 bridgehead atoms. The van der Waals surface area contributed by atoms with Crippen LogP contribution in [0.3, 0.4) is 0 Å². The molecule has 0 spiro atoms. The van der Waals surface area contributed by atoms with E-state index in [-0.39, 0.29) is 16.2 Å². The highest BCUT2D eigenvalue weighted by Crippen LogP contribution is 2.23. The molecule has 0 aliphatic carbocycles. The van der Waals surface area contributed by atoms with Crippen molar-refractivity contribution in [2.75, 3.05) is 27.1 Å². The molecule has 0 unspecified atom stereocenters. The zero-order valence-corrected chi connectivity index (χ0v) is 19.9. The number of anilines is 3. The van der Waals surface area contributed by atoms with Crippen molar-refractivity contribution in [1.82, 2.24) is 0 Å². The summed E-state index contributed by atoms with van der Waals surface area (Å²) in [5, 5.41) is 2.69. The summed E-state index contributed by atoms with van der Waals surface area (Å²) < 4.78 is 53.4. The van der Waals surface area contributed by atoms with Gasteiger partial charge in [-0.1, -0.05) is 31.2 Å². The Morgan fingerprint density at radius 1 is 0.848 bits per heavy atom. The van der Waals surface area contributed by atoms with Crippen molar-refractivity contribution in [2.45, 2.75) is 18.2 Å². The normalized spacial score (nSPS) is 11.6. The van der Waals surface area contributed by atoms with Crippen LogP contribution in [0.15, 0.2) is 83.8 Å². The summed E-state index contributed by atoms with van der Waals surface area (Å²) in [5.74, 6) is -0.474. The van der Waals surface area contributed by atoms with E-state index in [4.69, 9.17) is 0 Å². The van der Waals surface area contributed by atoms with Crippen molar-refractivity contribution in [3.05, 3.63) is 84.4 Å². The minimum atomic E-state index is -3.86. The molecule has 2 N–H and O–H groups in total. The summed E-state index contributed by atoms with van der Waals surface area (Å²) >= 11 is 0. The van der Waals surface area contributed by atoms with Gasteiger partial charge in [-0.2, -0.15) is 0 Å². The lowest BCUT2D eigenvalue weighted by Gasteiger charge is -2.19. The van der Waals surface area contributed by atoms with Crippen molar-refractivity contribution in [1.29, 1.82) is 0 Å². The second kappa shape index (κ2) is 10.1. The first-order valence-electron chi connectivity index (χ1n) is 10.2. The molecule has 0 aliphatic heterocycles. The van der Waals surface area contributed by atoms with E-state index in [2.05, 4.69) is 10.0 Å². The fourth-order valence-electron chi connectivity index (χ4n) is 3.06. The van der Waals surface area contributed by atoms with Crippen LogP contribution in [0.1, 0.15) is 23.7 Å². The van der Waals surface area contributed by atoms with Crippen LogP contribution < -0.4 is 14.3 Å². The number of para-hydroxylation sites is 1. The Bertz CT molecular complexity index is 1320. The molecule has 33 heavy (non-hydrogen) atoms. The number of hydrogen-bond acceptors (Lipinski definition) is 5. The molecule has 3 rings (SSSR count). The van der Waals surface area contributed by atoms with Crippen molar-refractivity contribution in [3.63, 3.8) is 0 Å². The zero-order chi connectivity index (χ0) is 24.1. The molecule has 0 heterocycles. The van der Waals surface area contributed by atoms with E-state index < -0.39 is 26.0 Å². The minimum absolute atomic E-state index is 0.0119. The lowest BCUT2D eigenvalue weighted by atomic mass is 10.2. The highest BCUT2D eigenvalue weighted by atomic mass is 32.2. The van der Waals surface area contributed by atoms with Gasteiger partial charge in [0.2, 0.25) is 10.0 Å². The van der Waals surface area contributed by atoms with Gasteiger partial charge in [0, 0.05) is 24.0 Å². The molecule has 1 amide bonds. The molecule has 0 aromatic heterocycles. The van der Waals surface area contributed by atoms with Gasteiger partial charge in [-0.3, -0.25) is 13.8 Å². The largest absolute Gasteiger partial charge is 0.322 e. The summed E-state index contributed by atoms with van der Waals surface area (Å²) in [7, 11) is -5.82. The summed E-state index contributed by atoms with van der Waals surface area (Å²) in [6, 6.07) is 20.6. The summed E-state index contributed by atoms with van der Waals surface area (Å²) in [5.41, 5.74) is 1.50. The van der Waals surface area contributed by atoms with Crippen molar-refractivity contribution < 1.29 is 21.6 Å². The van der Waals surface area contributed by atoms with E-state index in [1.54, 1.807) is 61.5 Å². The van der Waals surface area contributed by atoms with E-state index in [0.717, 1.165) is 4.31 Å². The van der Waals surface area contributed by atoms with E-state index in [1.807, 2.05) is 0 Å². The molecule has 3 aromatic carbocycles. The third-order valence-electron chi connectivity index (χ3n) is 4.76. The van der Waals surface area contributed by atoms with Crippen LogP contribution >= 0.6 is 0 Å². The van der Waals surface area contributed by atoms with Gasteiger partial charge in [-0.25, -0.2) is 16.8 Å². The van der Waals surface area contributed by atoms with Gasteiger partial charge in [-0.15, -0.1) is 0 Å². The summed E-state index contributed by atoms with van der Waals surface area (Å²) in [6.45, 7) is 1.78. The fraction of sp³-hybridized carbons (Fsp3) is 0.174. The van der Waals surface area contributed by atoms with E-state index >= 15 is 0 Å². The first-order valence-corrected chi connectivity index (χ1v) is 13.3. The monoisotopic (exact) mass is 487 g/mol. The Balaban J connectivity index is 1.75. The molecule has 10 heteroatoms. The van der Waals surface area contributed by atoms with Gasteiger partial charge in [0.05, 0.1) is 16.3 Å². The number of benzene rings is 3. The van der Waals surface area contributed by atoms with Crippen molar-refractivity contribution >= 4 is 43.0 Å². The molecule has 0 atom stereocenters. The Morgan fingerprint density at radius 3 is 2.12 bits per heavy atom. The average molecular weight is 488 g/mol. The van der Waals surface area contributed by atoms with Crippen LogP contribution in [-0.4, -0.2) is 35.5 Å². The highest BCUT2D eigenvalue weighted by Gasteiger charge is 2.22. The van der Waals surface area contributed by atoms with Crippen LogP contribution in [0.5, 0.6) is 0 Å². The molecule has 0 saturated heterocycles. The topological polar surface area (TPSA) is 113 Å². The van der Waals surface area contributed by atoms with Crippen molar-refractivity contribution in [3.8, 4) is 0 Å². The second-order valence-electron chi connectivity index (χ2n) is 7.29. The van der Waals surface area contributed by atoms with Gasteiger partial charge in [-0.05, 0) is 61.0 Å². The van der Waals surface area contributed by atoms with E-state index in [0.29, 0.717) is 23.5 Å². The summed E-state index contributed by atoms with van der Waals surface area (Å²) in [4.78, 5) is 12.7. The fourth-order valence-corrected chi connectivity index (χ4v) is 5.43. The number of carbonyl (C=O) groups excluding carboxylic acids is 1. The molecule has 0 fully saturated rings. The Morgan fingerprint density at radius 2 is 1.48 bits per heavy atom. The molecule has 3 aromatic rings. The molecule has 8 nitrogen and oxygen atoms in total. The summed E-state index contributed by atoms with van der Waals surface area (Å²) in [6.07, 6.45) is 0.499. The van der Waals surface area contributed by atoms with Gasteiger partial charge in [0.25, 0.3) is 15.9 Å². The number of hydrogen-bond donors (Lipinski definition) is 2. The Hall–Kier alpha value is -3.37. The minimum Gasteiger partial charge on any atom is -0.322 e. The maximum absolute atomic E-state index is 13.0. The zero-order valence-electron chi connectivity index (χ0n) is 18.2. The smallest absolute Gasteiger partial charge is 0.264 e. The lowest BCUT2D eigenvalue weighted by Crippen LogP contribution is -2.26. The SMILES string of the molecule is CCCS(=O)(=O)Nc1ccc(NC(=O)c2cccc(S(=O)(=O)N(C)c3ccccc3)c2)cc1. The highest BCUT2D eigenvalue weighted by molar-refractivity contribution is 7.93. The predicted octanol–water partition coefficient (Wildman–Crippen LogP) is 3.92. The van der Waals surface area contributed by atoms with Crippen LogP contribution in [0, 0.1) is 0 Å². The van der Waals surface area contributed by atoms with Gasteiger partial charge >= 0.3 is 0 Å². The van der Waals surface area contributed by atoms with E-state index in [1.165, 1.54) is 31.3 Å². The van der Waals surface area contributed by atoms with Gasteiger partial charge < -0.3 is 5.32 Å². The first kappa shape index (κ1) is 24.3. The molecule has 0 radical (unpaired) electrons. The number of amides is 1. The van der Waals surface area contributed by atoms with Crippen LogP contribution in [0.4, 0.5) is 17.1 Å². The second-order valence-corrected chi connectivity index (χ2v) is 11.1. The van der Waals surface area contributed by atoms with Gasteiger partial charge in [0.15, 0.2) is 0 Å². The van der Waals surface area contributed by atoms with E-state index in [9.17, 15) is 21.6 Å². The third-order valence-corrected chi connectivity index (χ3v) is 8.04. The molecule has 174 valence electrons. The van der Waals surface area contributed by atoms with Gasteiger partial charge in [0.1, 0.15) is 0 Å². The molecule has 0 saturated carbocycles. The molecule has 0 aliphatic rings. The predicted molar refractivity (Wildman–Crippen MR) is 131 cm³/mol. The number of nitrogens with zero attached hydrogens (tertiary/aromatic N) is 1. The average Bonchev–Trinajstić information content (AvgIpc) is 2.80. The maximum atomic E-state index is 13.0. The Kier molecular flexibility index (Phi) is 7.39.